The molecule has 0 bridgehead atoms. The van der Waals surface area contributed by atoms with E-state index in [2.05, 4.69) is 21.8 Å². The van der Waals surface area contributed by atoms with Crippen LogP contribution < -0.4 is 0 Å². The molecule has 5 nitrogen and oxygen atoms in total. The van der Waals surface area contributed by atoms with Crippen LogP contribution in [0.2, 0.25) is 0 Å². The fourth-order valence-corrected chi connectivity index (χ4v) is 5.34. The summed E-state index contributed by atoms with van der Waals surface area (Å²) in [5.41, 5.74) is 6.31. The number of aromatic nitrogens is 4. The number of hydrogen-bond donors (Lipinski definition) is 0. The molecule has 6 heteroatoms. The topological polar surface area (TPSA) is 59.4 Å². The summed E-state index contributed by atoms with van der Waals surface area (Å²) in [6.45, 7) is 0.978. The zero-order chi connectivity index (χ0) is 23.2. The number of halogens is 1. The molecule has 0 spiro atoms. The molecule has 3 heterocycles. The molecule has 1 fully saturated rings. The van der Waals surface area contributed by atoms with Crippen molar-refractivity contribution >= 4 is 21.9 Å². The van der Waals surface area contributed by atoms with E-state index in [0.717, 1.165) is 45.3 Å². The largest absolute Gasteiger partial charge is 0.346 e. The highest BCUT2D eigenvalue weighted by molar-refractivity contribution is 6.02. The van der Waals surface area contributed by atoms with Crippen LogP contribution in [0.4, 0.5) is 4.39 Å². The molecular weight excluding hydrogens is 425 g/mol. The third-order valence-corrected chi connectivity index (χ3v) is 7.14. The van der Waals surface area contributed by atoms with Crippen molar-refractivity contribution in [2.75, 3.05) is 0 Å². The molecule has 3 aromatic heterocycles. The molecule has 5 aromatic rings. The lowest BCUT2D eigenvalue weighted by Gasteiger charge is -2.15. The van der Waals surface area contributed by atoms with Gasteiger partial charge in [-0.25, -0.2) is 9.37 Å². The molecule has 0 radical (unpaired) electrons. The molecule has 0 N–H and O–H groups in total. The molecule has 34 heavy (non-hydrogen) atoms. The highest BCUT2D eigenvalue weighted by Crippen LogP contribution is 2.39. The Morgan fingerprint density at radius 3 is 2.65 bits per heavy atom. The van der Waals surface area contributed by atoms with Crippen LogP contribution in [0.5, 0.6) is 0 Å². The van der Waals surface area contributed by atoms with Gasteiger partial charge in [0.25, 0.3) is 0 Å². The number of nitriles is 1. The van der Waals surface area contributed by atoms with Crippen LogP contribution in [-0.4, -0.2) is 19.1 Å². The molecular formula is C28H24FN5. The summed E-state index contributed by atoms with van der Waals surface area (Å²) < 4.78 is 19.0. The zero-order valence-electron chi connectivity index (χ0n) is 19.0. The smallest absolute Gasteiger partial charge is 0.141 e. The molecule has 168 valence electrons. The van der Waals surface area contributed by atoms with Crippen LogP contribution in [0.15, 0.2) is 61.2 Å². The van der Waals surface area contributed by atoms with Crippen LogP contribution in [0, 0.1) is 23.1 Å². The number of imidazole rings is 1. The van der Waals surface area contributed by atoms with Crippen molar-refractivity contribution in [3.05, 3.63) is 72.6 Å². The van der Waals surface area contributed by atoms with Gasteiger partial charge in [-0.2, -0.15) is 5.26 Å². The highest BCUT2D eigenvalue weighted by atomic mass is 19.1. The molecule has 1 aliphatic carbocycles. The standard InChI is InChI=1S/C28H24FN5/c1-33-17-32-24-13-20(8-9-25(24)33)28-27(19-6-7-21(14-30)23(29)12-19)22-10-11-34(26(22)15-31-28)16-18-4-2-3-5-18/h6-13,15,17-18H,2-5,16H2,1H3. The zero-order valence-corrected chi connectivity index (χ0v) is 19.0. The quantitative estimate of drug-likeness (QED) is 0.316. The van der Waals surface area contributed by atoms with Crippen molar-refractivity contribution in [3.63, 3.8) is 0 Å². The summed E-state index contributed by atoms with van der Waals surface area (Å²) in [7, 11) is 1.97. The fourth-order valence-electron chi connectivity index (χ4n) is 5.34. The first-order chi connectivity index (χ1) is 16.6. The second kappa shape index (κ2) is 8.11. The Morgan fingerprint density at radius 2 is 1.85 bits per heavy atom. The predicted molar refractivity (Wildman–Crippen MR) is 132 cm³/mol. The first kappa shape index (κ1) is 20.6. The summed E-state index contributed by atoms with van der Waals surface area (Å²) in [5, 5.41) is 10.2. The van der Waals surface area contributed by atoms with E-state index < -0.39 is 5.82 Å². The van der Waals surface area contributed by atoms with Gasteiger partial charge in [-0.1, -0.05) is 25.0 Å². The van der Waals surface area contributed by atoms with E-state index in [0.29, 0.717) is 11.5 Å². The second-order valence-corrected chi connectivity index (χ2v) is 9.26. The molecule has 0 amide bonds. The number of benzene rings is 2. The molecule has 6 rings (SSSR count). The molecule has 0 unspecified atom stereocenters. The van der Waals surface area contributed by atoms with Crippen LogP contribution in [0.25, 0.3) is 44.3 Å². The minimum atomic E-state index is -0.520. The fraction of sp³-hybridized carbons (Fsp3) is 0.250. The van der Waals surface area contributed by atoms with Crippen molar-refractivity contribution in [2.24, 2.45) is 13.0 Å². The minimum Gasteiger partial charge on any atom is -0.346 e. The van der Waals surface area contributed by atoms with E-state index in [9.17, 15) is 9.65 Å². The number of fused-ring (bicyclic) bond motifs is 2. The van der Waals surface area contributed by atoms with Crippen LogP contribution in [0.1, 0.15) is 31.2 Å². The average Bonchev–Trinajstić information content (AvgIpc) is 3.60. The third-order valence-electron chi connectivity index (χ3n) is 7.14. The van der Waals surface area contributed by atoms with Gasteiger partial charge in [0.15, 0.2) is 0 Å². The maximum atomic E-state index is 14.7. The number of aryl methyl sites for hydroxylation is 1. The van der Waals surface area contributed by atoms with Gasteiger partial charge >= 0.3 is 0 Å². The van der Waals surface area contributed by atoms with Gasteiger partial charge in [0.1, 0.15) is 11.9 Å². The summed E-state index contributed by atoms with van der Waals surface area (Å²) in [4.78, 5) is 9.41. The van der Waals surface area contributed by atoms with Crippen LogP contribution in [0.3, 0.4) is 0 Å². The van der Waals surface area contributed by atoms with Crippen molar-refractivity contribution in [1.82, 2.24) is 19.1 Å². The summed E-state index contributed by atoms with van der Waals surface area (Å²) in [6.07, 6.45) is 11.0. The van der Waals surface area contributed by atoms with Crippen molar-refractivity contribution in [1.29, 1.82) is 5.26 Å². The van der Waals surface area contributed by atoms with E-state index in [-0.39, 0.29) is 5.56 Å². The second-order valence-electron chi connectivity index (χ2n) is 9.26. The number of pyridine rings is 1. The molecule has 0 atom stereocenters. The van der Waals surface area contributed by atoms with E-state index >= 15 is 0 Å². The Kier molecular flexibility index (Phi) is 4.91. The van der Waals surface area contributed by atoms with Gasteiger partial charge in [-0.3, -0.25) is 4.98 Å². The lowest BCUT2D eigenvalue weighted by molar-refractivity contribution is 0.466. The van der Waals surface area contributed by atoms with Crippen LogP contribution in [-0.2, 0) is 13.6 Å². The summed E-state index contributed by atoms with van der Waals surface area (Å²) >= 11 is 0. The van der Waals surface area contributed by atoms with E-state index in [1.165, 1.54) is 31.7 Å². The van der Waals surface area contributed by atoms with E-state index in [1.54, 1.807) is 12.4 Å². The predicted octanol–water partition coefficient (Wildman–Crippen LogP) is 6.46. The van der Waals surface area contributed by atoms with Gasteiger partial charge in [-0.15, -0.1) is 0 Å². The van der Waals surface area contributed by atoms with E-state index in [4.69, 9.17) is 4.98 Å². The third kappa shape index (κ3) is 3.36. The van der Waals surface area contributed by atoms with Gasteiger partial charge in [0.2, 0.25) is 0 Å². The Morgan fingerprint density at radius 1 is 1.03 bits per heavy atom. The van der Waals surface area contributed by atoms with Gasteiger partial charge in [0.05, 0.1) is 40.3 Å². The maximum Gasteiger partial charge on any atom is 0.141 e. The molecule has 0 aliphatic heterocycles. The molecule has 1 aliphatic rings. The van der Waals surface area contributed by atoms with Crippen molar-refractivity contribution < 1.29 is 4.39 Å². The molecule has 2 aromatic carbocycles. The Balaban J connectivity index is 1.56. The summed E-state index contributed by atoms with van der Waals surface area (Å²) in [6, 6.07) is 15.0. The normalized spacial score (nSPS) is 14.3. The number of rotatable bonds is 4. The Hall–Kier alpha value is -3.98. The van der Waals surface area contributed by atoms with E-state index in [1.807, 2.05) is 48.1 Å². The lowest BCUT2D eigenvalue weighted by atomic mass is 9.95. The Labute approximate surface area is 197 Å². The van der Waals surface area contributed by atoms with Crippen LogP contribution >= 0.6 is 0 Å². The minimum absolute atomic E-state index is 0.0409. The number of nitrogens with zero attached hydrogens (tertiary/aromatic N) is 5. The average molecular weight is 450 g/mol. The van der Waals surface area contributed by atoms with Gasteiger partial charge in [0, 0.05) is 36.3 Å². The molecule has 0 saturated heterocycles. The van der Waals surface area contributed by atoms with Gasteiger partial charge in [-0.05, 0) is 54.7 Å². The Bertz CT molecular complexity index is 1580. The van der Waals surface area contributed by atoms with Crippen molar-refractivity contribution in [2.45, 2.75) is 32.2 Å². The SMILES string of the molecule is Cn1cnc2cc(-c3ncc4c(ccn4CC4CCCC4)c3-c3ccc(C#N)c(F)c3)ccc21. The maximum absolute atomic E-state index is 14.7. The lowest BCUT2D eigenvalue weighted by Crippen LogP contribution is -2.06. The van der Waals surface area contributed by atoms with Gasteiger partial charge < -0.3 is 9.13 Å². The monoisotopic (exact) mass is 449 g/mol. The number of hydrogen-bond acceptors (Lipinski definition) is 3. The molecule has 1 saturated carbocycles. The van der Waals surface area contributed by atoms with Crippen molar-refractivity contribution in [3.8, 4) is 28.5 Å². The highest BCUT2D eigenvalue weighted by Gasteiger charge is 2.20. The summed E-state index contributed by atoms with van der Waals surface area (Å²) in [5.74, 6) is 0.172. The first-order valence-corrected chi connectivity index (χ1v) is 11.7. The first-order valence-electron chi connectivity index (χ1n) is 11.7.